The molecule has 0 aromatic heterocycles. The number of rotatable bonds is 5. The minimum Gasteiger partial charge on any atom is -0.490 e. The van der Waals surface area contributed by atoms with Crippen molar-refractivity contribution in [2.75, 3.05) is 13.2 Å². The molecule has 3 rings (SSSR count). The summed E-state index contributed by atoms with van der Waals surface area (Å²) >= 11 is 1.91. The Morgan fingerprint density at radius 3 is 2.45 bits per heavy atom. The fraction of sp³-hybridized carbons (Fsp3) is 0.294. The third-order valence-corrected chi connectivity index (χ3v) is 4.58. The van der Waals surface area contributed by atoms with Crippen LogP contribution < -0.4 is 9.47 Å². The minimum atomic E-state index is 0.488. The summed E-state index contributed by atoms with van der Waals surface area (Å²) in [7, 11) is 0. The zero-order valence-electron chi connectivity index (χ0n) is 11.5. The average molecular weight is 286 g/mol. The highest BCUT2D eigenvalue weighted by Crippen LogP contribution is 2.37. The summed E-state index contributed by atoms with van der Waals surface area (Å²) in [5, 5.41) is 0.488. The van der Waals surface area contributed by atoms with E-state index in [-0.39, 0.29) is 0 Å². The third-order valence-electron chi connectivity index (χ3n) is 3.29. The SMILES string of the molecule is CCOc1ccccc1OCC1Cc2ccccc2S1. The molecular weight excluding hydrogens is 268 g/mol. The van der Waals surface area contributed by atoms with E-state index in [1.54, 1.807) is 0 Å². The maximum atomic E-state index is 5.96. The molecule has 3 heteroatoms. The Bertz CT molecular complexity index is 558. The number of ether oxygens (including phenoxy) is 2. The smallest absolute Gasteiger partial charge is 0.161 e. The van der Waals surface area contributed by atoms with E-state index in [0.717, 1.165) is 17.9 Å². The molecule has 2 aromatic rings. The average Bonchev–Trinajstić information content (AvgIpc) is 2.89. The Balaban J connectivity index is 1.61. The highest BCUT2D eigenvalue weighted by atomic mass is 32.2. The van der Waals surface area contributed by atoms with Gasteiger partial charge in [-0.3, -0.25) is 0 Å². The van der Waals surface area contributed by atoms with E-state index in [4.69, 9.17) is 9.47 Å². The molecular formula is C17H18O2S. The first-order valence-corrected chi connectivity index (χ1v) is 7.84. The van der Waals surface area contributed by atoms with Gasteiger partial charge in [-0.05, 0) is 37.1 Å². The lowest BCUT2D eigenvalue weighted by Gasteiger charge is -2.14. The van der Waals surface area contributed by atoms with Crippen molar-refractivity contribution in [2.24, 2.45) is 0 Å². The van der Waals surface area contributed by atoms with Gasteiger partial charge >= 0.3 is 0 Å². The van der Waals surface area contributed by atoms with E-state index in [9.17, 15) is 0 Å². The van der Waals surface area contributed by atoms with Crippen molar-refractivity contribution in [1.29, 1.82) is 0 Å². The van der Waals surface area contributed by atoms with Crippen LogP contribution in [0.5, 0.6) is 11.5 Å². The van der Waals surface area contributed by atoms with Crippen LogP contribution in [-0.4, -0.2) is 18.5 Å². The molecule has 2 nitrogen and oxygen atoms in total. The van der Waals surface area contributed by atoms with Gasteiger partial charge in [0, 0.05) is 10.1 Å². The molecule has 1 atom stereocenters. The highest BCUT2D eigenvalue weighted by molar-refractivity contribution is 8.00. The molecule has 1 unspecified atom stereocenters. The van der Waals surface area contributed by atoms with Crippen LogP contribution in [-0.2, 0) is 6.42 Å². The Morgan fingerprint density at radius 2 is 1.70 bits per heavy atom. The first-order valence-electron chi connectivity index (χ1n) is 6.96. The van der Waals surface area contributed by atoms with Crippen LogP contribution in [0.15, 0.2) is 53.4 Å². The van der Waals surface area contributed by atoms with Gasteiger partial charge in [0.1, 0.15) is 6.61 Å². The lowest BCUT2D eigenvalue weighted by Crippen LogP contribution is -2.13. The van der Waals surface area contributed by atoms with Crippen molar-refractivity contribution in [3.8, 4) is 11.5 Å². The number of para-hydroxylation sites is 2. The second-order valence-corrected chi connectivity index (χ2v) is 6.08. The van der Waals surface area contributed by atoms with Gasteiger partial charge in [-0.25, -0.2) is 0 Å². The fourth-order valence-corrected chi connectivity index (χ4v) is 3.59. The summed E-state index contributed by atoms with van der Waals surface area (Å²) in [4.78, 5) is 1.39. The molecule has 0 fully saturated rings. The van der Waals surface area contributed by atoms with Crippen LogP contribution in [0.1, 0.15) is 12.5 Å². The van der Waals surface area contributed by atoms with Crippen LogP contribution in [0.4, 0.5) is 0 Å². The minimum absolute atomic E-state index is 0.488. The van der Waals surface area contributed by atoms with Gasteiger partial charge in [0.05, 0.1) is 6.61 Å². The Morgan fingerprint density at radius 1 is 1.00 bits per heavy atom. The van der Waals surface area contributed by atoms with Crippen molar-refractivity contribution >= 4 is 11.8 Å². The molecule has 20 heavy (non-hydrogen) atoms. The Hall–Kier alpha value is -1.61. The van der Waals surface area contributed by atoms with E-state index in [2.05, 4.69) is 24.3 Å². The standard InChI is InChI=1S/C17H18O2S/c1-2-18-15-8-4-5-9-16(15)19-12-14-11-13-7-3-6-10-17(13)20-14/h3-10,14H,2,11-12H2,1H3. The van der Waals surface area contributed by atoms with Crippen molar-refractivity contribution < 1.29 is 9.47 Å². The number of fused-ring (bicyclic) bond motifs is 1. The van der Waals surface area contributed by atoms with Crippen molar-refractivity contribution in [3.63, 3.8) is 0 Å². The largest absolute Gasteiger partial charge is 0.490 e. The summed E-state index contributed by atoms with van der Waals surface area (Å²) in [5.74, 6) is 1.67. The lowest BCUT2D eigenvalue weighted by atomic mass is 10.1. The summed E-state index contributed by atoms with van der Waals surface area (Å²) in [5.41, 5.74) is 1.43. The van der Waals surface area contributed by atoms with Gasteiger partial charge in [0.25, 0.3) is 0 Å². The molecule has 1 aliphatic rings. The second kappa shape index (κ2) is 6.23. The van der Waals surface area contributed by atoms with E-state index in [1.807, 2.05) is 43.0 Å². The van der Waals surface area contributed by atoms with Gasteiger partial charge in [-0.2, -0.15) is 0 Å². The highest BCUT2D eigenvalue weighted by Gasteiger charge is 2.22. The van der Waals surface area contributed by atoms with Gasteiger partial charge in [-0.15, -0.1) is 11.8 Å². The van der Waals surface area contributed by atoms with Crippen molar-refractivity contribution in [3.05, 3.63) is 54.1 Å². The molecule has 0 aliphatic carbocycles. The maximum Gasteiger partial charge on any atom is 0.161 e. The molecule has 0 saturated carbocycles. The third kappa shape index (κ3) is 2.93. The van der Waals surface area contributed by atoms with Gasteiger partial charge < -0.3 is 9.47 Å². The zero-order valence-corrected chi connectivity index (χ0v) is 12.4. The van der Waals surface area contributed by atoms with Crippen molar-refractivity contribution in [1.82, 2.24) is 0 Å². The Labute approximate surface area is 124 Å². The predicted octanol–water partition coefficient (Wildman–Crippen LogP) is 4.18. The van der Waals surface area contributed by atoms with Crippen molar-refractivity contribution in [2.45, 2.75) is 23.5 Å². The molecule has 2 aromatic carbocycles. The summed E-state index contributed by atoms with van der Waals surface area (Å²) in [6, 6.07) is 16.5. The number of hydrogen-bond acceptors (Lipinski definition) is 3. The molecule has 0 radical (unpaired) electrons. The number of hydrogen-bond donors (Lipinski definition) is 0. The van der Waals surface area contributed by atoms with Gasteiger partial charge in [-0.1, -0.05) is 30.3 Å². The predicted molar refractivity (Wildman–Crippen MR) is 82.9 cm³/mol. The molecule has 0 spiro atoms. The van der Waals surface area contributed by atoms with Gasteiger partial charge in [0.2, 0.25) is 0 Å². The van der Waals surface area contributed by atoms with Crippen LogP contribution in [0, 0.1) is 0 Å². The summed E-state index contributed by atoms with van der Waals surface area (Å²) < 4.78 is 11.5. The first kappa shape index (κ1) is 13.4. The van der Waals surface area contributed by atoms with E-state index >= 15 is 0 Å². The fourth-order valence-electron chi connectivity index (χ4n) is 2.37. The van der Waals surface area contributed by atoms with Crippen LogP contribution in [0.3, 0.4) is 0 Å². The summed E-state index contributed by atoms with van der Waals surface area (Å²) in [6.45, 7) is 3.35. The van der Waals surface area contributed by atoms with Crippen LogP contribution in [0.25, 0.3) is 0 Å². The van der Waals surface area contributed by atoms with Crippen LogP contribution in [0.2, 0.25) is 0 Å². The molecule has 0 N–H and O–H groups in total. The number of benzene rings is 2. The molecule has 1 aliphatic heterocycles. The van der Waals surface area contributed by atoms with E-state index in [1.165, 1.54) is 10.5 Å². The van der Waals surface area contributed by atoms with E-state index < -0.39 is 0 Å². The van der Waals surface area contributed by atoms with Crippen LogP contribution >= 0.6 is 11.8 Å². The van der Waals surface area contributed by atoms with Gasteiger partial charge in [0.15, 0.2) is 11.5 Å². The summed E-state index contributed by atoms with van der Waals surface area (Å²) in [6.07, 6.45) is 1.08. The normalized spacial score (nSPS) is 16.8. The maximum absolute atomic E-state index is 5.96. The molecule has 0 saturated heterocycles. The topological polar surface area (TPSA) is 18.5 Å². The molecule has 0 bridgehead atoms. The quantitative estimate of drug-likeness (QED) is 0.821. The first-order chi connectivity index (χ1) is 9.86. The monoisotopic (exact) mass is 286 g/mol. The lowest BCUT2D eigenvalue weighted by molar-refractivity contribution is 0.277. The molecule has 104 valence electrons. The zero-order chi connectivity index (χ0) is 13.8. The Kier molecular flexibility index (Phi) is 4.16. The molecule has 1 heterocycles. The number of thioether (sulfide) groups is 1. The van der Waals surface area contributed by atoms with E-state index in [0.29, 0.717) is 18.5 Å². The molecule has 0 amide bonds. The second-order valence-electron chi connectivity index (χ2n) is 4.74.